The smallest absolute Gasteiger partial charge is 0.242 e. The Morgan fingerprint density at radius 2 is 1.95 bits per heavy atom. The summed E-state index contributed by atoms with van der Waals surface area (Å²) < 4.78 is 28.2. The Morgan fingerprint density at radius 3 is 2.55 bits per heavy atom. The van der Waals surface area contributed by atoms with Crippen molar-refractivity contribution in [2.45, 2.75) is 41.9 Å². The number of hydrogen-bond donors (Lipinski definition) is 2. The van der Waals surface area contributed by atoms with Crippen LogP contribution in [-0.4, -0.2) is 26.0 Å². The van der Waals surface area contributed by atoms with Crippen molar-refractivity contribution in [2.24, 2.45) is 0 Å². The van der Waals surface area contributed by atoms with E-state index in [1.165, 1.54) is 6.07 Å². The Bertz CT molecular complexity index is 570. The van der Waals surface area contributed by atoms with Gasteiger partial charge in [-0.25, -0.2) is 13.1 Å². The van der Waals surface area contributed by atoms with E-state index in [2.05, 4.69) is 26.9 Å². The first-order valence-electron chi connectivity index (χ1n) is 6.52. The van der Waals surface area contributed by atoms with E-state index in [0.717, 1.165) is 25.7 Å². The van der Waals surface area contributed by atoms with Gasteiger partial charge in [-0.05, 0) is 66.1 Å². The molecule has 0 aromatic heterocycles. The van der Waals surface area contributed by atoms with E-state index >= 15 is 0 Å². The molecule has 0 heterocycles. The molecule has 1 aliphatic rings. The lowest BCUT2D eigenvalue weighted by Gasteiger charge is -2.28. The maximum atomic E-state index is 12.4. The van der Waals surface area contributed by atoms with Crippen LogP contribution in [0.5, 0.6) is 0 Å². The molecule has 4 nitrogen and oxygen atoms in total. The molecule has 0 amide bonds. The normalized spacial score (nSPS) is 23.7. The summed E-state index contributed by atoms with van der Waals surface area (Å²) in [6.07, 6.45) is 6.02. The van der Waals surface area contributed by atoms with E-state index < -0.39 is 10.0 Å². The molecule has 0 spiro atoms. The van der Waals surface area contributed by atoms with Crippen molar-refractivity contribution < 1.29 is 8.42 Å². The molecule has 20 heavy (non-hydrogen) atoms. The van der Waals surface area contributed by atoms with Crippen molar-refractivity contribution in [1.29, 1.82) is 0 Å². The van der Waals surface area contributed by atoms with Crippen LogP contribution in [0.4, 0.5) is 5.69 Å². The van der Waals surface area contributed by atoms with Crippen LogP contribution < -0.4 is 10.5 Å². The summed E-state index contributed by atoms with van der Waals surface area (Å²) >= 11 is 5.14. The van der Waals surface area contributed by atoms with Gasteiger partial charge in [-0.15, -0.1) is 0 Å². The molecule has 1 aromatic carbocycles. The van der Waals surface area contributed by atoms with Crippen LogP contribution in [0.2, 0.25) is 0 Å². The molecule has 3 N–H and O–H groups in total. The largest absolute Gasteiger partial charge is 0.399 e. The first-order chi connectivity index (χ1) is 9.42. The molecule has 1 aromatic rings. The molecule has 0 bridgehead atoms. The van der Waals surface area contributed by atoms with Gasteiger partial charge in [0.15, 0.2) is 0 Å². The molecule has 7 heteroatoms. The second kappa shape index (κ2) is 6.68. The zero-order valence-corrected chi connectivity index (χ0v) is 14.5. The fraction of sp³-hybridized carbons (Fsp3) is 0.538. The fourth-order valence-corrected chi connectivity index (χ4v) is 5.47. The van der Waals surface area contributed by atoms with Crippen molar-refractivity contribution >= 4 is 43.4 Å². The Morgan fingerprint density at radius 1 is 1.30 bits per heavy atom. The maximum Gasteiger partial charge on any atom is 0.242 e. The van der Waals surface area contributed by atoms with Crippen LogP contribution >= 0.6 is 27.7 Å². The van der Waals surface area contributed by atoms with E-state index in [1.54, 1.807) is 12.1 Å². The average molecular weight is 379 g/mol. The first kappa shape index (κ1) is 16.1. The molecule has 1 saturated carbocycles. The number of rotatable bonds is 4. The molecule has 2 rings (SSSR count). The first-order valence-corrected chi connectivity index (χ1v) is 10.1. The number of anilines is 1. The van der Waals surface area contributed by atoms with Crippen molar-refractivity contribution in [3.05, 3.63) is 22.7 Å². The monoisotopic (exact) mass is 378 g/mol. The van der Waals surface area contributed by atoms with Gasteiger partial charge in [0.25, 0.3) is 0 Å². The van der Waals surface area contributed by atoms with Gasteiger partial charge in [0.1, 0.15) is 0 Å². The third kappa shape index (κ3) is 3.90. The summed E-state index contributed by atoms with van der Waals surface area (Å²) in [4.78, 5) is 0.212. The lowest BCUT2D eigenvalue weighted by molar-refractivity contribution is 0.420. The van der Waals surface area contributed by atoms with Crippen molar-refractivity contribution in [1.82, 2.24) is 4.72 Å². The second-order valence-corrected chi connectivity index (χ2v) is 8.70. The third-order valence-electron chi connectivity index (χ3n) is 3.57. The van der Waals surface area contributed by atoms with Crippen molar-refractivity contribution in [3.63, 3.8) is 0 Å². The summed E-state index contributed by atoms with van der Waals surface area (Å²) in [5, 5.41) is 0.662. The lowest BCUT2D eigenvalue weighted by atomic mass is 9.96. The average Bonchev–Trinajstić information content (AvgIpc) is 2.42. The van der Waals surface area contributed by atoms with Crippen LogP contribution in [0.25, 0.3) is 0 Å². The quantitative estimate of drug-likeness (QED) is 0.789. The van der Waals surface area contributed by atoms with Crippen LogP contribution in [0.15, 0.2) is 27.6 Å². The van der Waals surface area contributed by atoms with E-state index in [1.807, 2.05) is 11.8 Å². The van der Waals surface area contributed by atoms with Crippen LogP contribution in [0, 0.1) is 0 Å². The molecule has 0 atom stereocenters. The molecule has 112 valence electrons. The Kier molecular flexibility index (Phi) is 5.39. The number of nitrogen functional groups attached to an aromatic ring is 1. The summed E-state index contributed by atoms with van der Waals surface area (Å²) in [6, 6.07) is 4.85. The van der Waals surface area contributed by atoms with Gasteiger partial charge in [-0.3, -0.25) is 0 Å². The highest BCUT2D eigenvalue weighted by molar-refractivity contribution is 9.10. The van der Waals surface area contributed by atoms with E-state index in [0.29, 0.717) is 15.4 Å². The van der Waals surface area contributed by atoms with E-state index in [-0.39, 0.29) is 10.9 Å². The highest BCUT2D eigenvalue weighted by Crippen LogP contribution is 2.29. The minimum atomic E-state index is -3.52. The van der Waals surface area contributed by atoms with Gasteiger partial charge < -0.3 is 5.73 Å². The van der Waals surface area contributed by atoms with Gasteiger partial charge in [0.2, 0.25) is 10.0 Å². The SMILES string of the molecule is CSC1CCC(NS(=O)(=O)c2cc(N)ccc2Br)CC1. The minimum absolute atomic E-state index is 0.0248. The van der Waals surface area contributed by atoms with Crippen molar-refractivity contribution in [3.8, 4) is 0 Å². The van der Waals surface area contributed by atoms with E-state index in [4.69, 9.17) is 5.73 Å². The number of nitrogens with two attached hydrogens (primary N) is 1. The number of benzene rings is 1. The van der Waals surface area contributed by atoms with Gasteiger partial charge in [0.05, 0.1) is 4.90 Å². The number of thioether (sulfide) groups is 1. The lowest BCUT2D eigenvalue weighted by Crippen LogP contribution is -2.38. The molecule has 1 fully saturated rings. The summed E-state index contributed by atoms with van der Waals surface area (Å²) in [6.45, 7) is 0. The minimum Gasteiger partial charge on any atom is -0.399 e. The summed E-state index contributed by atoms with van der Waals surface area (Å²) in [7, 11) is -3.52. The number of halogens is 1. The van der Waals surface area contributed by atoms with Crippen LogP contribution in [0.1, 0.15) is 25.7 Å². The number of hydrogen-bond acceptors (Lipinski definition) is 4. The third-order valence-corrected chi connectivity index (χ3v) is 7.23. The van der Waals surface area contributed by atoms with E-state index in [9.17, 15) is 8.42 Å². The molecule has 0 unspecified atom stereocenters. The van der Waals surface area contributed by atoms with Gasteiger partial charge in [-0.1, -0.05) is 0 Å². The van der Waals surface area contributed by atoms with Crippen molar-refractivity contribution in [2.75, 3.05) is 12.0 Å². The highest BCUT2D eigenvalue weighted by atomic mass is 79.9. The molecular weight excluding hydrogens is 360 g/mol. The molecule has 0 aliphatic heterocycles. The van der Waals surface area contributed by atoms with Crippen LogP contribution in [0.3, 0.4) is 0 Å². The number of nitrogens with one attached hydrogen (secondary N) is 1. The highest BCUT2D eigenvalue weighted by Gasteiger charge is 2.26. The molecule has 0 saturated heterocycles. The maximum absolute atomic E-state index is 12.4. The molecule has 0 radical (unpaired) electrons. The van der Waals surface area contributed by atoms with Gasteiger partial charge >= 0.3 is 0 Å². The second-order valence-electron chi connectivity index (χ2n) is 5.02. The Hall–Kier alpha value is -0.240. The Labute approximate surface area is 133 Å². The van der Waals surface area contributed by atoms with Gasteiger partial charge in [0, 0.05) is 21.5 Å². The molecular formula is C13H19BrN2O2S2. The molecule has 1 aliphatic carbocycles. The predicted molar refractivity (Wildman–Crippen MR) is 88.4 cm³/mol. The zero-order valence-electron chi connectivity index (χ0n) is 11.3. The predicted octanol–water partition coefficient (Wildman–Crippen LogP) is 2.98. The van der Waals surface area contributed by atoms with Crippen LogP contribution in [-0.2, 0) is 10.0 Å². The fourth-order valence-electron chi connectivity index (χ4n) is 2.43. The number of sulfonamides is 1. The topological polar surface area (TPSA) is 72.2 Å². The standard InChI is InChI=1S/C13H19BrN2O2S2/c1-19-11-5-3-10(4-6-11)16-20(17,18)13-8-9(15)2-7-12(13)14/h2,7-8,10-11,16H,3-6,15H2,1H3. The summed E-state index contributed by atoms with van der Waals surface area (Å²) in [5.41, 5.74) is 6.12. The zero-order chi connectivity index (χ0) is 14.8. The van der Waals surface area contributed by atoms with Gasteiger partial charge in [-0.2, -0.15) is 11.8 Å². The summed E-state index contributed by atoms with van der Waals surface area (Å²) in [5.74, 6) is 0. The Balaban J connectivity index is 2.10.